The van der Waals surface area contributed by atoms with Crippen LogP contribution in [0.2, 0.25) is 0 Å². The minimum Gasteiger partial charge on any atom is -0.468 e. The van der Waals surface area contributed by atoms with Crippen LogP contribution in [0.5, 0.6) is 0 Å². The maximum atomic E-state index is 11.1. The summed E-state index contributed by atoms with van der Waals surface area (Å²) in [7, 11) is 1.36. The van der Waals surface area contributed by atoms with E-state index in [9.17, 15) is 4.79 Å². The van der Waals surface area contributed by atoms with Crippen molar-refractivity contribution in [1.29, 1.82) is 0 Å². The number of carbonyl (C=O) groups is 1. The van der Waals surface area contributed by atoms with E-state index in [0.717, 1.165) is 12.0 Å². The van der Waals surface area contributed by atoms with Crippen molar-refractivity contribution in [3.8, 4) is 0 Å². The Bertz CT molecular complexity index is 200. The fourth-order valence-electron chi connectivity index (χ4n) is 1.40. The zero-order chi connectivity index (χ0) is 8.48. The molecule has 0 bridgehead atoms. The van der Waals surface area contributed by atoms with Crippen LogP contribution in [0, 0.1) is 0 Å². The molecule has 62 valence electrons. The number of esters is 1. The second-order valence-electron chi connectivity index (χ2n) is 3.07. The fourth-order valence-corrected chi connectivity index (χ4v) is 1.40. The van der Waals surface area contributed by atoms with Gasteiger partial charge >= 0.3 is 5.97 Å². The predicted molar refractivity (Wildman–Crippen MR) is 41.9 cm³/mol. The lowest BCUT2D eigenvalue weighted by Crippen LogP contribution is -2.45. The van der Waals surface area contributed by atoms with Gasteiger partial charge in [0, 0.05) is 0 Å². The van der Waals surface area contributed by atoms with Gasteiger partial charge in [-0.3, -0.25) is 4.79 Å². The number of hydrogen-bond donors (Lipinski definition) is 1. The molecule has 0 aromatic carbocycles. The van der Waals surface area contributed by atoms with Crippen LogP contribution < -0.4 is 5.73 Å². The number of carbonyl (C=O) groups excluding carboxylic acids is 1. The monoisotopic (exact) mass is 155 g/mol. The molecule has 1 atom stereocenters. The van der Waals surface area contributed by atoms with E-state index in [-0.39, 0.29) is 5.97 Å². The standard InChI is InChI=1S/C8H13NO2/c1-6-3-4-8(9,5-6)7(10)11-2/h1,3-5,9H2,2H3. The number of rotatable bonds is 1. The van der Waals surface area contributed by atoms with Crippen LogP contribution in [0.15, 0.2) is 12.2 Å². The second-order valence-corrected chi connectivity index (χ2v) is 3.07. The van der Waals surface area contributed by atoms with E-state index in [2.05, 4.69) is 11.3 Å². The average molecular weight is 155 g/mol. The maximum Gasteiger partial charge on any atom is 0.326 e. The third-order valence-electron chi connectivity index (χ3n) is 2.08. The third-order valence-corrected chi connectivity index (χ3v) is 2.08. The van der Waals surface area contributed by atoms with Crippen molar-refractivity contribution in [2.75, 3.05) is 7.11 Å². The topological polar surface area (TPSA) is 52.3 Å². The Morgan fingerprint density at radius 3 is 2.82 bits per heavy atom. The molecule has 1 rings (SSSR count). The van der Waals surface area contributed by atoms with E-state index < -0.39 is 5.54 Å². The fraction of sp³-hybridized carbons (Fsp3) is 0.625. The summed E-state index contributed by atoms with van der Waals surface area (Å²) in [6.45, 7) is 3.78. The molecule has 1 saturated carbocycles. The van der Waals surface area contributed by atoms with Gasteiger partial charge in [-0.05, 0) is 19.3 Å². The number of ether oxygens (including phenoxy) is 1. The Morgan fingerprint density at radius 1 is 1.82 bits per heavy atom. The smallest absolute Gasteiger partial charge is 0.326 e. The molecule has 0 aromatic heterocycles. The molecule has 3 heteroatoms. The normalized spacial score (nSPS) is 30.5. The maximum absolute atomic E-state index is 11.1. The van der Waals surface area contributed by atoms with E-state index in [1.54, 1.807) is 0 Å². The quantitative estimate of drug-likeness (QED) is 0.445. The van der Waals surface area contributed by atoms with Gasteiger partial charge in [0.2, 0.25) is 0 Å². The number of methoxy groups -OCH3 is 1. The van der Waals surface area contributed by atoms with Crippen LogP contribution >= 0.6 is 0 Å². The average Bonchev–Trinajstić information content (AvgIpc) is 2.31. The van der Waals surface area contributed by atoms with E-state index >= 15 is 0 Å². The van der Waals surface area contributed by atoms with Gasteiger partial charge < -0.3 is 10.5 Å². The molecule has 11 heavy (non-hydrogen) atoms. The van der Waals surface area contributed by atoms with Crippen LogP contribution in [0.4, 0.5) is 0 Å². The van der Waals surface area contributed by atoms with Crippen LogP contribution in [0.3, 0.4) is 0 Å². The molecule has 1 aliphatic rings. The summed E-state index contributed by atoms with van der Waals surface area (Å²) in [4.78, 5) is 11.1. The minimum atomic E-state index is -0.786. The summed E-state index contributed by atoms with van der Waals surface area (Å²) in [5, 5.41) is 0. The molecule has 3 nitrogen and oxygen atoms in total. The first-order valence-electron chi connectivity index (χ1n) is 3.62. The van der Waals surface area contributed by atoms with Crippen molar-refractivity contribution in [3.63, 3.8) is 0 Å². The molecule has 0 spiro atoms. The highest BCUT2D eigenvalue weighted by Gasteiger charge is 2.39. The van der Waals surface area contributed by atoms with E-state index in [1.165, 1.54) is 7.11 Å². The van der Waals surface area contributed by atoms with Crippen molar-refractivity contribution in [2.24, 2.45) is 5.73 Å². The molecule has 1 unspecified atom stereocenters. The SMILES string of the molecule is C=C1CCC(N)(C(=O)OC)C1. The lowest BCUT2D eigenvalue weighted by Gasteiger charge is -2.18. The Morgan fingerprint density at radius 2 is 2.45 bits per heavy atom. The van der Waals surface area contributed by atoms with Crippen LogP contribution in [0.25, 0.3) is 0 Å². The van der Waals surface area contributed by atoms with E-state index in [0.29, 0.717) is 12.8 Å². The van der Waals surface area contributed by atoms with Crippen molar-refractivity contribution in [2.45, 2.75) is 24.8 Å². The highest BCUT2D eigenvalue weighted by molar-refractivity contribution is 5.81. The Labute approximate surface area is 66.2 Å². The van der Waals surface area contributed by atoms with Gasteiger partial charge in [-0.2, -0.15) is 0 Å². The van der Waals surface area contributed by atoms with Crippen LogP contribution in [0.1, 0.15) is 19.3 Å². The lowest BCUT2D eigenvalue weighted by molar-refractivity contribution is -0.146. The van der Waals surface area contributed by atoms with Gasteiger partial charge in [0.15, 0.2) is 0 Å². The largest absolute Gasteiger partial charge is 0.468 e. The van der Waals surface area contributed by atoms with Crippen molar-refractivity contribution in [1.82, 2.24) is 0 Å². The molecule has 0 aromatic rings. The lowest BCUT2D eigenvalue weighted by atomic mass is 9.99. The molecule has 0 radical (unpaired) electrons. The molecular formula is C8H13NO2. The molecule has 1 aliphatic carbocycles. The molecule has 0 heterocycles. The van der Waals surface area contributed by atoms with Crippen molar-refractivity contribution >= 4 is 5.97 Å². The zero-order valence-corrected chi connectivity index (χ0v) is 6.72. The predicted octanol–water partition coefficient (Wildman–Crippen LogP) is 0.597. The van der Waals surface area contributed by atoms with Gasteiger partial charge in [-0.1, -0.05) is 12.2 Å². The molecule has 0 amide bonds. The first kappa shape index (κ1) is 8.27. The Hall–Kier alpha value is -0.830. The first-order chi connectivity index (χ1) is 5.08. The van der Waals surface area contributed by atoms with Crippen molar-refractivity contribution < 1.29 is 9.53 Å². The van der Waals surface area contributed by atoms with Crippen LogP contribution in [-0.2, 0) is 9.53 Å². The Balaban J connectivity index is 2.69. The molecule has 0 aliphatic heterocycles. The van der Waals surface area contributed by atoms with Crippen molar-refractivity contribution in [3.05, 3.63) is 12.2 Å². The summed E-state index contributed by atoms with van der Waals surface area (Å²) < 4.78 is 4.58. The summed E-state index contributed by atoms with van der Waals surface area (Å²) in [6.07, 6.45) is 2.07. The van der Waals surface area contributed by atoms with E-state index in [4.69, 9.17) is 5.73 Å². The van der Waals surface area contributed by atoms with Gasteiger partial charge in [-0.25, -0.2) is 0 Å². The number of nitrogens with two attached hydrogens (primary N) is 1. The molecule has 1 fully saturated rings. The van der Waals surface area contributed by atoms with E-state index in [1.807, 2.05) is 0 Å². The third kappa shape index (κ3) is 1.43. The molecule has 0 saturated heterocycles. The summed E-state index contributed by atoms with van der Waals surface area (Å²) in [5.74, 6) is -0.323. The first-order valence-corrected chi connectivity index (χ1v) is 3.62. The summed E-state index contributed by atoms with van der Waals surface area (Å²) in [6, 6.07) is 0. The van der Waals surface area contributed by atoms with Gasteiger partial charge in [0.05, 0.1) is 7.11 Å². The zero-order valence-electron chi connectivity index (χ0n) is 6.72. The number of hydrogen-bond acceptors (Lipinski definition) is 3. The van der Waals surface area contributed by atoms with Crippen LogP contribution in [-0.4, -0.2) is 18.6 Å². The summed E-state index contributed by atoms with van der Waals surface area (Å²) >= 11 is 0. The van der Waals surface area contributed by atoms with Gasteiger partial charge in [-0.15, -0.1) is 0 Å². The minimum absolute atomic E-state index is 0.323. The second kappa shape index (κ2) is 2.66. The molecular weight excluding hydrogens is 142 g/mol. The summed E-state index contributed by atoms with van der Waals surface area (Å²) in [5.41, 5.74) is 6.02. The molecule has 2 N–H and O–H groups in total. The van der Waals surface area contributed by atoms with Gasteiger partial charge in [0.25, 0.3) is 0 Å². The highest BCUT2D eigenvalue weighted by atomic mass is 16.5. The van der Waals surface area contributed by atoms with Gasteiger partial charge in [0.1, 0.15) is 5.54 Å². The Kier molecular flexibility index (Phi) is 2.00. The highest BCUT2D eigenvalue weighted by Crippen LogP contribution is 2.31.